The summed E-state index contributed by atoms with van der Waals surface area (Å²) in [6, 6.07) is 1.21. The largest absolute Gasteiger partial charge is 0.379 e. The van der Waals surface area contributed by atoms with Gasteiger partial charge in [-0.25, -0.2) is 0 Å². The van der Waals surface area contributed by atoms with Crippen molar-refractivity contribution in [2.45, 2.75) is 43.5 Å². The van der Waals surface area contributed by atoms with Gasteiger partial charge in [-0.2, -0.15) is 0 Å². The van der Waals surface area contributed by atoms with Crippen molar-refractivity contribution in [2.24, 2.45) is 10.7 Å². The Balaban J connectivity index is 1.89. The first-order valence-corrected chi connectivity index (χ1v) is 5.91. The molecule has 2 aliphatic rings. The molecule has 0 amide bonds. The molecule has 74 valence electrons. The number of fused-ring (bicyclic) bond motifs is 1. The van der Waals surface area contributed by atoms with E-state index in [1.807, 2.05) is 0 Å². The Kier molecular flexibility index (Phi) is 2.79. The SMILES string of the molecule is CCN[C@H]1CCC2N=C(N)SC2C1. The van der Waals surface area contributed by atoms with Gasteiger partial charge in [-0.3, -0.25) is 4.99 Å². The average molecular weight is 199 g/mol. The van der Waals surface area contributed by atoms with Crippen LogP contribution in [0.4, 0.5) is 0 Å². The van der Waals surface area contributed by atoms with Crippen LogP contribution in [0.3, 0.4) is 0 Å². The third kappa shape index (κ3) is 1.99. The average Bonchev–Trinajstić information content (AvgIpc) is 2.44. The zero-order chi connectivity index (χ0) is 9.26. The van der Waals surface area contributed by atoms with E-state index < -0.39 is 0 Å². The normalized spacial score (nSPS) is 38.5. The molecule has 0 aromatic carbocycles. The molecule has 1 aliphatic heterocycles. The lowest BCUT2D eigenvalue weighted by Gasteiger charge is -2.30. The molecule has 0 radical (unpaired) electrons. The number of hydrogen-bond acceptors (Lipinski definition) is 4. The first kappa shape index (κ1) is 9.34. The highest BCUT2D eigenvalue weighted by molar-refractivity contribution is 8.14. The molecular weight excluding hydrogens is 182 g/mol. The number of aliphatic imine (C=N–C) groups is 1. The fourth-order valence-electron chi connectivity index (χ4n) is 2.21. The lowest BCUT2D eigenvalue weighted by molar-refractivity contribution is 0.361. The Morgan fingerprint density at radius 2 is 2.46 bits per heavy atom. The van der Waals surface area contributed by atoms with E-state index in [-0.39, 0.29) is 0 Å². The molecule has 3 nitrogen and oxygen atoms in total. The van der Waals surface area contributed by atoms with Crippen molar-refractivity contribution in [3.8, 4) is 0 Å². The molecule has 1 aliphatic carbocycles. The number of nitrogens with one attached hydrogen (secondary N) is 1. The summed E-state index contributed by atoms with van der Waals surface area (Å²) in [4.78, 5) is 4.43. The van der Waals surface area contributed by atoms with Gasteiger partial charge < -0.3 is 11.1 Å². The molecule has 2 unspecified atom stereocenters. The van der Waals surface area contributed by atoms with Crippen molar-refractivity contribution in [3.05, 3.63) is 0 Å². The molecule has 0 aromatic heterocycles. The Morgan fingerprint density at radius 1 is 1.62 bits per heavy atom. The molecule has 2 rings (SSSR count). The standard InChI is InChI=1S/C9H17N3S/c1-2-11-6-3-4-7-8(5-6)13-9(10)12-7/h6-8,11H,2-5H2,1H3,(H2,10,12)/t6-,7?,8?/m0/s1. The molecule has 1 heterocycles. The van der Waals surface area contributed by atoms with Crippen LogP contribution in [0, 0.1) is 0 Å². The monoisotopic (exact) mass is 199 g/mol. The van der Waals surface area contributed by atoms with Crippen LogP contribution >= 0.6 is 11.8 Å². The third-order valence-corrected chi connectivity index (χ3v) is 3.97. The zero-order valence-electron chi connectivity index (χ0n) is 7.99. The van der Waals surface area contributed by atoms with E-state index in [1.54, 1.807) is 11.8 Å². The summed E-state index contributed by atoms with van der Waals surface area (Å²) in [5.41, 5.74) is 5.71. The minimum absolute atomic E-state index is 0.514. The number of nitrogens with zero attached hydrogens (tertiary/aromatic N) is 1. The van der Waals surface area contributed by atoms with E-state index in [9.17, 15) is 0 Å². The fourth-order valence-corrected chi connectivity index (χ4v) is 3.40. The fraction of sp³-hybridized carbons (Fsp3) is 0.889. The highest BCUT2D eigenvalue weighted by Gasteiger charge is 2.34. The Hall–Kier alpha value is -0.220. The van der Waals surface area contributed by atoms with Gasteiger partial charge in [0.15, 0.2) is 5.17 Å². The van der Waals surface area contributed by atoms with Gasteiger partial charge in [0.05, 0.1) is 6.04 Å². The molecule has 13 heavy (non-hydrogen) atoms. The first-order valence-electron chi connectivity index (χ1n) is 5.03. The molecule has 1 fully saturated rings. The van der Waals surface area contributed by atoms with E-state index in [2.05, 4.69) is 17.2 Å². The summed E-state index contributed by atoms with van der Waals surface area (Å²) >= 11 is 1.77. The summed E-state index contributed by atoms with van der Waals surface area (Å²) in [5, 5.41) is 4.96. The molecule has 0 saturated heterocycles. The maximum absolute atomic E-state index is 5.71. The Bertz CT molecular complexity index is 217. The van der Waals surface area contributed by atoms with E-state index in [1.165, 1.54) is 19.3 Å². The van der Waals surface area contributed by atoms with E-state index in [0.29, 0.717) is 17.3 Å². The van der Waals surface area contributed by atoms with Gasteiger partial charge in [-0.15, -0.1) is 0 Å². The van der Waals surface area contributed by atoms with Crippen molar-refractivity contribution in [2.75, 3.05) is 6.54 Å². The van der Waals surface area contributed by atoms with Crippen LogP contribution in [0.5, 0.6) is 0 Å². The van der Waals surface area contributed by atoms with Gasteiger partial charge in [0, 0.05) is 11.3 Å². The molecule has 0 bridgehead atoms. The van der Waals surface area contributed by atoms with Crippen LogP contribution in [-0.4, -0.2) is 29.0 Å². The van der Waals surface area contributed by atoms with Crippen molar-refractivity contribution < 1.29 is 0 Å². The summed E-state index contributed by atoms with van der Waals surface area (Å²) in [5.74, 6) is 0. The summed E-state index contributed by atoms with van der Waals surface area (Å²) in [6.45, 7) is 3.24. The summed E-state index contributed by atoms with van der Waals surface area (Å²) in [7, 11) is 0. The van der Waals surface area contributed by atoms with E-state index in [0.717, 1.165) is 11.7 Å². The minimum atomic E-state index is 0.514. The molecule has 4 heteroatoms. The van der Waals surface area contributed by atoms with E-state index in [4.69, 9.17) is 5.73 Å². The smallest absolute Gasteiger partial charge is 0.154 e. The van der Waals surface area contributed by atoms with Gasteiger partial charge in [-0.05, 0) is 25.8 Å². The van der Waals surface area contributed by atoms with Crippen LogP contribution in [-0.2, 0) is 0 Å². The van der Waals surface area contributed by atoms with Crippen molar-refractivity contribution in [1.82, 2.24) is 5.32 Å². The summed E-state index contributed by atoms with van der Waals surface area (Å²) in [6.07, 6.45) is 3.69. The number of nitrogens with two attached hydrogens (primary N) is 1. The van der Waals surface area contributed by atoms with Crippen LogP contribution in [0.2, 0.25) is 0 Å². The first-order chi connectivity index (χ1) is 6.29. The lowest BCUT2D eigenvalue weighted by atomic mass is 9.91. The Morgan fingerprint density at radius 3 is 3.23 bits per heavy atom. The van der Waals surface area contributed by atoms with Gasteiger partial charge in [0.1, 0.15) is 0 Å². The van der Waals surface area contributed by atoms with Crippen LogP contribution in [0.15, 0.2) is 4.99 Å². The van der Waals surface area contributed by atoms with E-state index >= 15 is 0 Å². The van der Waals surface area contributed by atoms with Gasteiger partial charge >= 0.3 is 0 Å². The number of rotatable bonds is 2. The van der Waals surface area contributed by atoms with Crippen molar-refractivity contribution in [1.29, 1.82) is 0 Å². The minimum Gasteiger partial charge on any atom is -0.379 e. The molecule has 3 N–H and O–H groups in total. The van der Waals surface area contributed by atoms with Crippen LogP contribution in [0.1, 0.15) is 26.2 Å². The van der Waals surface area contributed by atoms with Crippen LogP contribution < -0.4 is 11.1 Å². The van der Waals surface area contributed by atoms with Crippen LogP contribution in [0.25, 0.3) is 0 Å². The number of thioether (sulfide) groups is 1. The van der Waals surface area contributed by atoms with Gasteiger partial charge in [0.2, 0.25) is 0 Å². The predicted molar refractivity (Wildman–Crippen MR) is 58.1 cm³/mol. The lowest BCUT2D eigenvalue weighted by Crippen LogP contribution is -2.39. The second-order valence-electron chi connectivity index (χ2n) is 3.76. The third-order valence-electron chi connectivity index (χ3n) is 2.81. The molecule has 0 aromatic rings. The Labute approximate surface area is 83.6 Å². The second-order valence-corrected chi connectivity index (χ2v) is 5.02. The molecule has 3 atom stereocenters. The summed E-state index contributed by atoms with van der Waals surface area (Å²) < 4.78 is 0. The molecular formula is C9H17N3S. The maximum Gasteiger partial charge on any atom is 0.154 e. The quantitative estimate of drug-likeness (QED) is 0.696. The predicted octanol–water partition coefficient (Wildman–Crippen LogP) is 0.947. The molecule has 1 saturated carbocycles. The highest BCUT2D eigenvalue weighted by atomic mass is 32.2. The number of hydrogen-bond donors (Lipinski definition) is 2. The maximum atomic E-state index is 5.71. The zero-order valence-corrected chi connectivity index (χ0v) is 8.81. The van der Waals surface area contributed by atoms with Crippen molar-refractivity contribution >= 4 is 16.9 Å². The van der Waals surface area contributed by atoms with Gasteiger partial charge in [0.25, 0.3) is 0 Å². The topological polar surface area (TPSA) is 50.4 Å². The second kappa shape index (κ2) is 3.88. The van der Waals surface area contributed by atoms with Gasteiger partial charge in [-0.1, -0.05) is 18.7 Å². The molecule has 0 spiro atoms. The van der Waals surface area contributed by atoms with Crippen molar-refractivity contribution in [3.63, 3.8) is 0 Å². The highest BCUT2D eigenvalue weighted by Crippen LogP contribution is 2.35. The number of amidine groups is 1.